The van der Waals surface area contributed by atoms with E-state index in [0.29, 0.717) is 36.6 Å². The summed E-state index contributed by atoms with van der Waals surface area (Å²) in [5.74, 6) is -0.942. The molecule has 0 bridgehead atoms. The Morgan fingerprint density at radius 3 is 2.33 bits per heavy atom. The van der Waals surface area contributed by atoms with E-state index in [9.17, 15) is 19.8 Å². The number of aromatic hydroxyl groups is 1. The van der Waals surface area contributed by atoms with Crippen LogP contribution in [0.3, 0.4) is 0 Å². The van der Waals surface area contributed by atoms with Gasteiger partial charge in [0.25, 0.3) is 11.7 Å². The van der Waals surface area contributed by atoms with Crippen LogP contribution < -0.4 is 4.74 Å². The van der Waals surface area contributed by atoms with Gasteiger partial charge in [-0.15, -0.1) is 0 Å². The first-order valence-electron chi connectivity index (χ1n) is 11.8. The van der Waals surface area contributed by atoms with Crippen molar-refractivity contribution >= 4 is 17.4 Å². The number of ether oxygens (including phenoxy) is 1. The average molecular weight is 487 g/mol. The van der Waals surface area contributed by atoms with Gasteiger partial charge in [-0.2, -0.15) is 0 Å². The zero-order valence-electron chi connectivity index (χ0n) is 20.6. The number of hydrogen-bond acceptors (Lipinski definition) is 6. The van der Waals surface area contributed by atoms with Crippen molar-refractivity contribution in [2.45, 2.75) is 19.6 Å². The predicted molar refractivity (Wildman–Crippen MR) is 138 cm³/mol. The van der Waals surface area contributed by atoms with Gasteiger partial charge in [0, 0.05) is 18.7 Å². The van der Waals surface area contributed by atoms with Crippen molar-refractivity contribution in [1.29, 1.82) is 0 Å². The van der Waals surface area contributed by atoms with Crippen molar-refractivity contribution in [2.24, 2.45) is 0 Å². The molecule has 0 saturated carbocycles. The quantitative estimate of drug-likeness (QED) is 0.281. The zero-order chi connectivity index (χ0) is 25.8. The first-order chi connectivity index (χ1) is 17.2. The van der Waals surface area contributed by atoms with Crippen LogP contribution in [0.5, 0.6) is 11.5 Å². The molecule has 1 fully saturated rings. The number of likely N-dealkylation sites (tertiary alicyclic amines) is 1. The monoisotopic (exact) mass is 486 g/mol. The number of Topliss-reactive ketones (excluding diaryl/α,β-unsaturated/α-hetero) is 1. The molecule has 4 rings (SSSR count). The number of carbonyl (C=O) groups excluding carboxylic acids is 2. The lowest BCUT2D eigenvalue weighted by Crippen LogP contribution is -2.35. The summed E-state index contributed by atoms with van der Waals surface area (Å²) in [5.41, 5.74) is 3.27. The number of amides is 1. The van der Waals surface area contributed by atoms with Crippen LogP contribution in [0.4, 0.5) is 0 Å². The van der Waals surface area contributed by atoms with Gasteiger partial charge in [0.2, 0.25) is 0 Å². The Bertz CT molecular complexity index is 1280. The molecule has 186 valence electrons. The number of aliphatic hydroxyl groups is 1. The second-order valence-electron chi connectivity index (χ2n) is 9.19. The molecule has 7 nitrogen and oxygen atoms in total. The Morgan fingerprint density at radius 2 is 1.69 bits per heavy atom. The van der Waals surface area contributed by atoms with Crippen LogP contribution in [0.2, 0.25) is 0 Å². The molecule has 1 unspecified atom stereocenters. The summed E-state index contributed by atoms with van der Waals surface area (Å²) in [7, 11) is 3.77. The van der Waals surface area contributed by atoms with E-state index in [1.165, 1.54) is 17.0 Å². The molecule has 3 aromatic carbocycles. The minimum absolute atomic E-state index is 0.0258. The molecule has 0 aliphatic carbocycles. The Morgan fingerprint density at radius 1 is 1.00 bits per heavy atom. The smallest absolute Gasteiger partial charge is 0.295 e. The van der Waals surface area contributed by atoms with Crippen molar-refractivity contribution in [1.82, 2.24) is 9.80 Å². The fraction of sp³-hybridized carbons (Fsp3) is 0.241. The van der Waals surface area contributed by atoms with Gasteiger partial charge >= 0.3 is 0 Å². The number of ketones is 1. The normalized spacial score (nSPS) is 17.1. The number of carbonyl (C=O) groups is 2. The van der Waals surface area contributed by atoms with Crippen molar-refractivity contribution in [3.8, 4) is 11.5 Å². The van der Waals surface area contributed by atoms with Crippen LogP contribution in [-0.2, 0) is 16.2 Å². The van der Waals surface area contributed by atoms with E-state index < -0.39 is 17.7 Å². The number of hydrogen-bond donors (Lipinski definition) is 2. The van der Waals surface area contributed by atoms with Gasteiger partial charge in [-0.3, -0.25) is 9.59 Å². The van der Waals surface area contributed by atoms with E-state index >= 15 is 0 Å². The molecule has 36 heavy (non-hydrogen) atoms. The van der Waals surface area contributed by atoms with Gasteiger partial charge in [0.05, 0.1) is 11.6 Å². The Labute approximate surface area is 210 Å². The molecule has 0 radical (unpaired) electrons. The van der Waals surface area contributed by atoms with Crippen LogP contribution >= 0.6 is 0 Å². The first kappa shape index (κ1) is 25.0. The number of aryl methyl sites for hydroxylation is 1. The molecule has 0 spiro atoms. The van der Waals surface area contributed by atoms with Crippen molar-refractivity contribution in [3.63, 3.8) is 0 Å². The van der Waals surface area contributed by atoms with Crippen molar-refractivity contribution in [3.05, 3.63) is 101 Å². The minimum Gasteiger partial charge on any atom is -0.508 e. The maximum atomic E-state index is 13.1. The van der Waals surface area contributed by atoms with Gasteiger partial charge in [-0.25, -0.2) is 0 Å². The molecule has 2 N–H and O–H groups in total. The van der Waals surface area contributed by atoms with Crippen LogP contribution in [-0.4, -0.2) is 58.9 Å². The third-order valence-corrected chi connectivity index (χ3v) is 6.15. The van der Waals surface area contributed by atoms with Crippen LogP contribution in [0.15, 0.2) is 78.4 Å². The van der Waals surface area contributed by atoms with Crippen LogP contribution in [0.25, 0.3) is 5.76 Å². The summed E-state index contributed by atoms with van der Waals surface area (Å²) in [5, 5.41) is 20.9. The number of likely N-dealkylation sites (N-methyl/N-ethyl adjacent to an activating group) is 1. The number of rotatable bonds is 8. The van der Waals surface area contributed by atoms with E-state index in [-0.39, 0.29) is 17.1 Å². The first-order valence-corrected chi connectivity index (χ1v) is 11.8. The van der Waals surface area contributed by atoms with Gasteiger partial charge in [0.1, 0.15) is 23.9 Å². The number of phenols is 1. The summed E-state index contributed by atoms with van der Waals surface area (Å²) in [6.45, 7) is 3.29. The summed E-state index contributed by atoms with van der Waals surface area (Å²) in [6, 6.07) is 20.4. The molecule has 7 heteroatoms. The Balaban J connectivity index is 1.64. The maximum Gasteiger partial charge on any atom is 0.295 e. The summed E-state index contributed by atoms with van der Waals surface area (Å²) < 4.78 is 5.86. The zero-order valence-corrected chi connectivity index (χ0v) is 20.6. The largest absolute Gasteiger partial charge is 0.508 e. The lowest BCUT2D eigenvalue weighted by molar-refractivity contribution is -0.140. The molecule has 1 heterocycles. The standard InChI is InChI=1S/C29H30N2O5/c1-19-5-4-6-20(17-19)18-36-24-13-9-22(10-14-24)27(33)25-26(21-7-11-23(32)12-8-21)31(16-15-30(2)3)29(35)28(25)34/h4-14,17,26,32-33H,15-16,18H2,1-3H3. The number of benzene rings is 3. The van der Waals surface area contributed by atoms with E-state index in [1.807, 2.05) is 44.1 Å². The second-order valence-corrected chi connectivity index (χ2v) is 9.19. The lowest BCUT2D eigenvalue weighted by atomic mass is 9.95. The summed E-state index contributed by atoms with van der Waals surface area (Å²) in [6.07, 6.45) is 0. The third kappa shape index (κ3) is 5.42. The van der Waals surface area contributed by atoms with E-state index in [4.69, 9.17) is 4.74 Å². The van der Waals surface area contributed by atoms with Gasteiger partial charge in [0.15, 0.2) is 0 Å². The average Bonchev–Trinajstić information content (AvgIpc) is 3.11. The van der Waals surface area contributed by atoms with E-state index in [1.54, 1.807) is 36.4 Å². The maximum absolute atomic E-state index is 13.1. The van der Waals surface area contributed by atoms with Crippen molar-refractivity contribution < 1.29 is 24.5 Å². The van der Waals surface area contributed by atoms with Gasteiger partial charge in [-0.1, -0.05) is 42.0 Å². The SMILES string of the molecule is Cc1cccc(COc2ccc(C(O)=C3C(=O)C(=O)N(CCN(C)C)C3c3ccc(O)cc3)cc2)c1. The molecule has 3 aromatic rings. The number of phenolic OH excluding ortho intramolecular Hbond substituents is 1. The molecular weight excluding hydrogens is 456 g/mol. The number of nitrogens with zero attached hydrogens (tertiary/aromatic N) is 2. The summed E-state index contributed by atoms with van der Waals surface area (Å²) in [4.78, 5) is 29.4. The molecular formula is C29H30N2O5. The fourth-order valence-corrected chi connectivity index (χ4v) is 4.25. The third-order valence-electron chi connectivity index (χ3n) is 6.15. The van der Waals surface area contributed by atoms with Crippen molar-refractivity contribution in [2.75, 3.05) is 27.2 Å². The highest BCUT2D eigenvalue weighted by Gasteiger charge is 2.45. The number of aliphatic hydroxyl groups excluding tert-OH is 1. The van der Waals surface area contributed by atoms with E-state index in [2.05, 4.69) is 6.07 Å². The fourth-order valence-electron chi connectivity index (χ4n) is 4.25. The molecule has 1 amide bonds. The second kappa shape index (κ2) is 10.7. The molecule has 1 aliphatic rings. The highest BCUT2D eigenvalue weighted by atomic mass is 16.5. The topological polar surface area (TPSA) is 90.3 Å². The summed E-state index contributed by atoms with van der Waals surface area (Å²) >= 11 is 0. The Hall–Kier alpha value is -4.10. The molecule has 1 atom stereocenters. The highest BCUT2D eigenvalue weighted by Crippen LogP contribution is 2.39. The lowest BCUT2D eigenvalue weighted by Gasteiger charge is -2.26. The molecule has 1 saturated heterocycles. The highest BCUT2D eigenvalue weighted by molar-refractivity contribution is 6.46. The van der Waals surface area contributed by atoms with Crippen LogP contribution in [0.1, 0.15) is 28.3 Å². The molecule has 1 aliphatic heterocycles. The predicted octanol–water partition coefficient (Wildman–Crippen LogP) is 4.26. The van der Waals surface area contributed by atoms with E-state index in [0.717, 1.165) is 11.1 Å². The van der Waals surface area contributed by atoms with Gasteiger partial charge in [-0.05, 0) is 68.5 Å². The Kier molecular flexibility index (Phi) is 7.41. The van der Waals surface area contributed by atoms with Crippen LogP contribution in [0, 0.1) is 6.92 Å². The molecule has 0 aromatic heterocycles. The van der Waals surface area contributed by atoms with Gasteiger partial charge < -0.3 is 24.7 Å². The minimum atomic E-state index is -0.761.